The summed E-state index contributed by atoms with van der Waals surface area (Å²) in [6, 6.07) is 19.7. The van der Waals surface area contributed by atoms with Crippen molar-refractivity contribution in [3.8, 4) is 17.2 Å². The van der Waals surface area contributed by atoms with Crippen LogP contribution in [0.3, 0.4) is 0 Å². The van der Waals surface area contributed by atoms with Gasteiger partial charge in [0.15, 0.2) is 0 Å². The Morgan fingerprint density at radius 3 is 2.63 bits per heavy atom. The minimum Gasteiger partial charge on any atom is -0.497 e. The van der Waals surface area contributed by atoms with Gasteiger partial charge in [-0.1, -0.05) is 48.0 Å². The zero-order chi connectivity index (χ0) is 26.6. The van der Waals surface area contributed by atoms with Crippen molar-refractivity contribution in [2.75, 3.05) is 24.9 Å². The van der Waals surface area contributed by atoms with Gasteiger partial charge in [-0.05, 0) is 31.2 Å². The van der Waals surface area contributed by atoms with Gasteiger partial charge in [0.05, 0.1) is 25.5 Å². The van der Waals surface area contributed by atoms with E-state index in [-0.39, 0.29) is 12.5 Å². The fraction of sp³-hybridized carbons (Fsp3) is 0.179. The van der Waals surface area contributed by atoms with Gasteiger partial charge in [0.25, 0.3) is 5.91 Å². The summed E-state index contributed by atoms with van der Waals surface area (Å²) in [5.41, 5.74) is 3.15. The molecule has 194 valence electrons. The minimum absolute atomic E-state index is 0.261. The van der Waals surface area contributed by atoms with Gasteiger partial charge in [0.1, 0.15) is 36.2 Å². The average Bonchev–Trinajstić information content (AvgIpc) is 3.40. The number of nitrogens with zero attached hydrogens (tertiary/aromatic N) is 3. The molecule has 1 aliphatic heterocycles. The summed E-state index contributed by atoms with van der Waals surface area (Å²) < 4.78 is 18.7. The molecule has 10 heteroatoms. The number of amides is 1. The van der Waals surface area contributed by atoms with Crippen LogP contribution in [0.2, 0.25) is 5.02 Å². The number of hydrogen-bond donors (Lipinski definition) is 2. The average molecular weight is 532 g/mol. The van der Waals surface area contributed by atoms with Crippen molar-refractivity contribution in [1.29, 1.82) is 0 Å². The molecule has 2 heterocycles. The Morgan fingerprint density at radius 1 is 1.05 bits per heavy atom. The van der Waals surface area contributed by atoms with Gasteiger partial charge in [-0.25, -0.2) is 4.68 Å². The fourth-order valence-corrected chi connectivity index (χ4v) is 4.57. The van der Waals surface area contributed by atoms with Crippen LogP contribution in [0, 0.1) is 0 Å². The molecule has 3 aromatic carbocycles. The van der Waals surface area contributed by atoms with Crippen molar-refractivity contribution >= 4 is 29.1 Å². The summed E-state index contributed by atoms with van der Waals surface area (Å²) in [5, 5.41) is 11.2. The molecular formula is C28H26ClN5O4. The van der Waals surface area contributed by atoms with E-state index in [1.807, 2.05) is 55.5 Å². The van der Waals surface area contributed by atoms with Crippen molar-refractivity contribution in [2.24, 2.45) is 0 Å². The quantitative estimate of drug-likeness (QED) is 0.311. The van der Waals surface area contributed by atoms with Crippen LogP contribution in [0.4, 0.5) is 11.6 Å². The van der Waals surface area contributed by atoms with Crippen LogP contribution >= 0.6 is 11.6 Å². The molecule has 0 radical (unpaired) electrons. The molecule has 0 unspecified atom stereocenters. The number of nitrogens with one attached hydrogen (secondary N) is 2. The number of para-hydroxylation sites is 1. The molecule has 2 N–H and O–H groups in total. The Kier molecular flexibility index (Phi) is 7.19. The molecule has 5 rings (SSSR count). The number of carbonyl (C=O) groups excluding carboxylic acids is 1. The van der Waals surface area contributed by atoms with E-state index < -0.39 is 6.04 Å². The molecule has 1 aromatic heterocycles. The fourth-order valence-electron chi connectivity index (χ4n) is 4.38. The topological polar surface area (TPSA) is 99.5 Å². The monoisotopic (exact) mass is 531 g/mol. The van der Waals surface area contributed by atoms with Gasteiger partial charge in [-0.15, -0.1) is 0 Å². The summed E-state index contributed by atoms with van der Waals surface area (Å²) >= 11 is 6.35. The van der Waals surface area contributed by atoms with E-state index in [2.05, 4.69) is 20.7 Å². The number of carbonyl (C=O) groups is 1. The third-order valence-electron chi connectivity index (χ3n) is 6.25. The Bertz CT molecular complexity index is 1520. The second-order valence-corrected chi connectivity index (χ2v) is 8.94. The van der Waals surface area contributed by atoms with E-state index in [1.165, 1.54) is 6.33 Å². The summed E-state index contributed by atoms with van der Waals surface area (Å²) in [5.74, 6) is 1.86. The van der Waals surface area contributed by atoms with Crippen LogP contribution in [0.5, 0.6) is 17.2 Å². The molecule has 1 amide bonds. The van der Waals surface area contributed by atoms with E-state index in [9.17, 15) is 4.79 Å². The third-order valence-corrected chi connectivity index (χ3v) is 6.62. The van der Waals surface area contributed by atoms with E-state index in [4.69, 9.17) is 25.8 Å². The normalized spacial score (nSPS) is 14.4. The first-order valence-electron chi connectivity index (χ1n) is 11.9. The Balaban J connectivity index is 1.53. The Labute approximate surface area is 225 Å². The highest BCUT2D eigenvalue weighted by Crippen LogP contribution is 2.40. The number of aromatic nitrogens is 3. The van der Waals surface area contributed by atoms with Gasteiger partial charge in [-0.2, -0.15) is 10.1 Å². The summed E-state index contributed by atoms with van der Waals surface area (Å²) in [6.45, 7) is 2.09. The second-order valence-electron chi connectivity index (χ2n) is 8.53. The van der Waals surface area contributed by atoms with Crippen LogP contribution in [-0.2, 0) is 11.4 Å². The molecule has 0 fully saturated rings. The summed E-state index contributed by atoms with van der Waals surface area (Å²) in [4.78, 5) is 18.2. The zero-order valence-corrected chi connectivity index (χ0v) is 21.8. The first-order chi connectivity index (χ1) is 18.5. The maximum atomic E-state index is 13.9. The van der Waals surface area contributed by atoms with E-state index >= 15 is 0 Å². The predicted molar refractivity (Wildman–Crippen MR) is 145 cm³/mol. The molecule has 0 saturated heterocycles. The molecule has 1 aliphatic rings. The zero-order valence-electron chi connectivity index (χ0n) is 21.1. The molecular weight excluding hydrogens is 506 g/mol. The molecule has 0 bridgehead atoms. The highest BCUT2D eigenvalue weighted by molar-refractivity contribution is 6.31. The lowest BCUT2D eigenvalue weighted by atomic mass is 9.94. The molecule has 0 aliphatic carbocycles. The highest BCUT2D eigenvalue weighted by atomic mass is 35.5. The van der Waals surface area contributed by atoms with Crippen LogP contribution in [0.25, 0.3) is 0 Å². The predicted octanol–water partition coefficient (Wildman–Crippen LogP) is 5.46. The van der Waals surface area contributed by atoms with E-state index in [0.29, 0.717) is 45.2 Å². The maximum absolute atomic E-state index is 13.9. The number of benzene rings is 3. The molecule has 0 spiro atoms. The summed E-state index contributed by atoms with van der Waals surface area (Å²) in [6.07, 6.45) is 1.45. The first-order valence-corrected chi connectivity index (χ1v) is 12.2. The second kappa shape index (κ2) is 10.9. The number of rotatable bonds is 8. The molecule has 38 heavy (non-hydrogen) atoms. The van der Waals surface area contributed by atoms with Crippen LogP contribution in [0.1, 0.15) is 24.1 Å². The smallest absolute Gasteiger partial charge is 0.255 e. The molecule has 9 nitrogen and oxygen atoms in total. The standard InChI is InChI=1S/C28H26ClN5O4/c1-17-25(27(35)33-22-14-19(36-2)12-13-24(22)37-3)26(34-28(32-17)30-16-31-34)20-9-5-7-11-23(20)38-15-18-8-4-6-10-21(18)29/h4-14,16,26H,15H2,1-3H3,(H,33,35)(H,30,31,32)/t26-/m1/s1. The SMILES string of the molecule is COc1ccc(OC)c(NC(=O)C2=C(C)Nc3ncnn3[C@@H]2c2ccccc2OCc2ccccc2Cl)c1. The van der Waals surface area contributed by atoms with Crippen molar-refractivity contribution in [1.82, 2.24) is 14.8 Å². The maximum Gasteiger partial charge on any atom is 0.255 e. The van der Waals surface area contributed by atoms with E-state index in [1.54, 1.807) is 37.1 Å². The minimum atomic E-state index is -0.618. The Hall–Kier alpha value is -4.50. The van der Waals surface area contributed by atoms with Crippen molar-refractivity contribution in [3.63, 3.8) is 0 Å². The lowest BCUT2D eigenvalue weighted by molar-refractivity contribution is -0.113. The largest absolute Gasteiger partial charge is 0.497 e. The number of halogens is 1. The molecule has 0 saturated carbocycles. The number of allylic oxidation sites excluding steroid dienone is 1. The van der Waals surface area contributed by atoms with Crippen molar-refractivity contribution in [3.05, 3.63) is 100 Å². The van der Waals surface area contributed by atoms with Crippen molar-refractivity contribution < 1.29 is 19.0 Å². The van der Waals surface area contributed by atoms with Crippen LogP contribution in [-0.4, -0.2) is 34.9 Å². The number of methoxy groups -OCH3 is 2. The van der Waals surface area contributed by atoms with Crippen LogP contribution in [0.15, 0.2) is 84.3 Å². The third kappa shape index (κ3) is 4.88. The van der Waals surface area contributed by atoms with Gasteiger partial charge in [0, 0.05) is 27.9 Å². The van der Waals surface area contributed by atoms with Gasteiger partial charge in [-0.3, -0.25) is 4.79 Å². The van der Waals surface area contributed by atoms with E-state index in [0.717, 1.165) is 11.1 Å². The summed E-state index contributed by atoms with van der Waals surface area (Å²) in [7, 11) is 3.11. The van der Waals surface area contributed by atoms with Gasteiger partial charge >= 0.3 is 0 Å². The lowest BCUT2D eigenvalue weighted by Crippen LogP contribution is -2.31. The van der Waals surface area contributed by atoms with Crippen LogP contribution < -0.4 is 24.8 Å². The number of hydrogen-bond acceptors (Lipinski definition) is 7. The Morgan fingerprint density at radius 2 is 1.84 bits per heavy atom. The number of anilines is 2. The number of fused-ring (bicyclic) bond motifs is 1. The lowest BCUT2D eigenvalue weighted by Gasteiger charge is -2.30. The van der Waals surface area contributed by atoms with Gasteiger partial charge < -0.3 is 24.8 Å². The first kappa shape index (κ1) is 25.2. The van der Waals surface area contributed by atoms with Gasteiger partial charge in [0.2, 0.25) is 5.95 Å². The number of ether oxygens (including phenoxy) is 3. The molecule has 1 atom stereocenters. The molecule has 4 aromatic rings. The highest BCUT2D eigenvalue weighted by Gasteiger charge is 2.35. The van der Waals surface area contributed by atoms with Crippen molar-refractivity contribution in [2.45, 2.75) is 19.6 Å².